The van der Waals surface area contributed by atoms with Crippen molar-refractivity contribution in [3.05, 3.63) is 64.1 Å². The van der Waals surface area contributed by atoms with E-state index in [4.69, 9.17) is 11.6 Å². The van der Waals surface area contributed by atoms with Crippen molar-refractivity contribution in [1.82, 2.24) is 25.0 Å². The summed E-state index contributed by atoms with van der Waals surface area (Å²) < 4.78 is 0.943. The summed E-state index contributed by atoms with van der Waals surface area (Å²) in [7, 11) is 0. The van der Waals surface area contributed by atoms with Gasteiger partial charge in [0, 0.05) is 9.86 Å². The maximum atomic E-state index is 12.4. The Morgan fingerprint density at radius 3 is 2.64 bits per heavy atom. The molecule has 140 valence electrons. The van der Waals surface area contributed by atoms with Crippen LogP contribution in [0.25, 0.3) is 16.7 Å². The van der Waals surface area contributed by atoms with Crippen LogP contribution in [0, 0.1) is 6.92 Å². The Morgan fingerprint density at radius 2 is 1.89 bits per heavy atom. The highest BCUT2D eigenvalue weighted by molar-refractivity contribution is 9.10. The van der Waals surface area contributed by atoms with E-state index in [1.54, 1.807) is 12.3 Å². The van der Waals surface area contributed by atoms with Gasteiger partial charge in [-0.3, -0.25) is 4.98 Å². The van der Waals surface area contributed by atoms with E-state index < -0.39 is 6.03 Å². The second-order valence-corrected chi connectivity index (χ2v) is 7.21. The molecule has 10 heteroatoms. The molecule has 0 radical (unpaired) electrons. The first-order valence-corrected chi connectivity index (χ1v) is 9.33. The molecule has 0 fully saturated rings. The summed E-state index contributed by atoms with van der Waals surface area (Å²) in [6.07, 6.45) is 6.15. The number of nitrogens with zero attached hydrogens (tertiary/aromatic N) is 5. The number of aromatic nitrogens is 5. The highest BCUT2D eigenvalue weighted by Gasteiger charge is 2.11. The Hall–Kier alpha value is -3.04. The first-order valence-electron chi connectivity index (χ1n) is 8.16. The van der Waals surface area contributed by atoms with E-state index in [0.29, 0.717) is 22.2 Å². The van der Waals surface area contributed by atoms with Gasteiger partial charge in [0.2, 0.25) is 0 Å². The topological polar surface area (TPSA) is 97.6 Å². The van der Waals surface area contributed by atoms with Crippen molar-refractivity contribution in [1.29, 1.82) is 0 Å². The number of benzene rings is 1. The lowest BCUT2D eigenvalue weighted by Gasteiger charge is -2.12. The van der Waals surface area contributed by atoms with Crippen LogP contribution in [0.2, 0.25) is 5.02 Å². The fourth-order valence-electron chi connectivity index (χ4n) is 2.68. The SMILES string of the molecule is Cc1c(NC(=O)Nc2cnc(-n3nccn3)c(Cl)c2)cnc2ccc(Br)cc12. The van der Waals surface area contributed by atoms with E-state index >= 15 is 0 Å². The summed E-state index contributed by atoms with van der Waals surface area (Å²) in [4.78, 5) is 22.3. The van der Waals surface area contributed by atoms with Crippen molar-refractivity contribution in [2.75, 3.05) is 10.6 Å². The van der Waals surface area contributed by atoms with Gasteiger partial charge in [0.25, 0.3) is 0 Å². The number of aryl methyl sites for hydroxylation is 1. The number of amides is 2. The van der Waals surface area contributed by atoms with Crippen LogP contribution in [0.1, 0.15) is 5.56 Å². The molecule has 8 nitrogen and oxygen atoms in total. The molecule has 0 atom stereocenters. The molecular weight excluding hydrogens is 446 g/mol. The monoisotopic (exact) mass is 457 g/mol. The van der Waals surface area contributed by atoms with E-state index in [-0.39, 0.29) is 0 Å². The molecule has 0 aliphatic heterocycles. The van der Waals surface area contributed by atoms with Crippen molar-refractivity contribution >= 4 is 55.8 Å². The lowest BCUT2D eigenvalue weighted by atomic mass is 10.1. The second-order valence-electron chi connectivity index (χ2n) is 5.89. The molecular formula is C18H13BrClN7O. The second kappa shape index (κ2) is 7.53. The first-order chi connectivity index (χ1) is 13.5. The Kier molecular flexibility index (Phi) is 4.93. The molecule has 0 bridgehead atoms. The van der Waals surface area contributed by atoms with Gasteiger partial charge < -0.3 is 10.6 Å². The summed E-state index contributed by atoms with van der Waals surface area (Å²) in [5.41, 5.74) is 2.82. The number of nitrogens with one attached hydrogen (secondary N) is 2. The predicted octanol–water partition coefficient (Wildman–Crippen LogP) is 4.58. The Labute approximate surface area is 173 Å². The zero-order valence-electron chi connectivity index (χ0n) is 14.5. The van der Waals surface area contributed by atoms with Crippen molar-refractivity contribution in [2.45, 2.75) is 6.92 Å². The molecule has 0 unspecified atom stereocenters. The molecule has 2 N–H and O–H groups in total. The highest BCUT2D eigenvalue weighted by atomic mass is 79.9. The number of hydrogen-bond donors (Lipinski definition) is 2. The van der Waals surface area contributed by atoms with Crippen LogP contribution in [0.15, 0.2) is 53.5 Å². The standard InChI is InChI=1S/C18H13BrClN7O/c1-10-13-6-11(19)2-3-15(13)21-9-16(10)26-18(28)25-12-7-14(20)17(22-8-12)27-23-4-5-24-27/h2-9H,1H3,(H2,25,26,28). The highest BCUT2D eigenvalue weighted by Crippen LogP contribution is 2.26. The molecule has 1 aromatic carbocycles. The minimum Gasteiger partial charge on any atom is -0.306 e. The summed E-state index contributed by atoms with van der Waals surface area (Å²) in [6.45, 7) is 1.93. The summed E-state index contributed by atoms with van der Waals surface area (Å²) in [6, 6.07) is 6.96. The van der Waals surface area contributed by atoms with Crippen LogP contribution in [0.4, 0.5) is 16.2 Å². The largest absolute Gasteiger partial charge is 0.323 e. The fourth-order valence-corrected chi connectivity index (χ4v) is 3.28. The average Bonchev–Trinajstić information content (AvgIpc) is 3.19. The van der Waals surface area contributed by atoms with E-state index in [1.807, 2.05) is 25.1 Å². The normalized spacial score (nSPS) is 10.8. The molecule has 0 aliphatic carbocycles. The molecule has 0 saturated heterocycles. The number of urea groups is 1. The predicted molar refractivity (Wildman–Crippen MR) is 111 cm³/mol. The minimum absolute atomic E-state index is 0.308. The molecule has 0 saturated carbocycles. The van der Waals surface area contributed by atoms with Gasteiger partial charge in [0.15, 0.2) is 5.82 Å². The van der Waals surface area contributed by atoms with Crippen LogP contribution >= 0.6 is 27.5 Å². The number of hydrogen-bond acceptors (Lipinski definition) is 5. The van der Waals surface area contributed by atoms with E-state index in [9.17, 15) is 4.79 Å². The van der Waals surface area contributed by atoms with Crippen LogP contribution in [-0.2, 0) is 0 Å². The Morgan fingerprint density at radius 1 is 1.11 bits per heavy atom. The van der Waals surface area contributed by atoms with Gasteiger partial charge >= 0.3 is 6.03 Å². The third kappa shape index (κ3) is 3.67. The number of carbonyl (C=O) groups excluding carboxylic acids is 1. The van der Waals surface area contributed by atoms with E-state index in [2.05, 4.69) is 46.7 Å². The zero-order valence-corrected chi connectivity index (χ0v) is 16.9. The molecule has 0 spiro atoms. The number of fused-ring (bicyclic) bond motifs is 1. The zero-order chi connectivity index (χ0) is 19.7. The Bertz CT molecular complexity index is 1180. The van der Waals surface area contributed by atoms with Gasteiger partial charge in [0.1, 0.15) is 0 Å². The lowest BCUT2D eigenvalue weighted by Crippen LogP contribution is -2.20. The smallest absolute Gasteiger partial charge is 0.306 e. The molecule has 0 aliphatic rings. The number of halogens is 2. The third-order valence-electron chi connectivity index (χ3n) is 4.04. The van der Waals surface area contributed by atoms with Gasteiger partial charge in [-0.2, -0.15) is 10.2 Å². The van der Waals surface area contributed by atoms with Crippen LogP contribution in [0.5, 0.6) is 0 Å². The number of carbonyl (C=O) groups is 1. The van der Waals surface area contributed by atoms with Gasteiger partial charge in [-0.25, -0.2) is 9.78 Å². The van der Waals surface area contributed by atoms with E-state index in [0.717, 1.165) is 20.9 Å². The summed E-state index contributed by atoms with van der Waals surface area (Å²) >= 11 is 9.68. The van der Waals surface area contributed by atoms with Crippen LogP contribution in [0.3, 0.4) is 0 Å². The van der Waals surface area contributed by atoms with Gasteiger partial charge in [-0.05, 0) is 36.8 Å². The van der Waals surface area contributed by atoms with Crippen LogP contribution in [-0.4, -0.2) is 31.0 Å². The lowest BCUT2D eigenvalue weighted by molar-refractivity contribution is 0.262. The molecule has 28 heavy (non-hydrogen) atoms. The number of rotatable bonds is 3. The summed E-state index contributed by atoms with van der Waals surface area (Å²) in [5.74, 6) is 0.373. The molecule has 3 aromatic heterocycles. The van der Waals surface area contributed by atoms with Crippen molar-refractivity contribution in [2.24, 2.45) is 0 Å². The van der Waals surface area contributed by atoms with Crippen molar-refractivity contribution < 1.29 is 4.79 Å². The molecule has 2 amide bonds. The maximum Gasteiger partial charge on any atom is 0.323 e. The minimum atomic E-state index is -0.429. The molecule has 4 rings (SSSR count). The van der Waals surface area contributed by atoms with E-state index in [1.165, 1.54) is 23.4 Å². The number of pyridine rings is 2. The Balaban J connectivity index is 1.53. The number of anilines is 2. The molecule has 4 aromatic rings. The quantitative estimate of drug-likeness (QED) is 0.468. The van der Waals surface area contributed by atoms with Crippen molar-refractivity contribution in [3.63, 3.8) is 0 Å². The third-order valence-corrected chi connectivity index (χ3v) is 4.81. The average molecular weight is 459 g/mol. The molecule has 3 heterocycles. The van der Waals surface area contributed by atoms with Gasteiger partial charge in [-0.1, -0.05) is 27.5 Å². The maximum absolute atomic E-state index is 12.4. The fraction of sp³-hybridized carbons (Fsp3) is 0.0556. The summed E-state index contributed by atoms with van der Waals surface area (Å²) in [5, 5.41) is 14.7. The van der Waals surface area contributed by atoms with Gasteiger partial charge in [-0.15, -0.1) is 4.80 Å². The van der Waals surface area contributed by atoms with Crippen molar-refractivity contribution in [3.8, 4) is 5.82 Å². The van der Waals surface area contributed by atoms with Crippen LogP contribution < -0.4 is 10.6 Å². The first kappa shape index (κ1) is 18.3. The van der Waals surface area contributed by atoms with Gasteiger partial charge in [0.05, 0.1) is 46.7 Å².